The van der Waals surface area contributed by atoms with Gasteiger partial charge < -0.3 is 65.1 Å². The van der Waals surface area contributed by atoms with Gasteiger partial charge in [0.2, 0.25) is 5.91 Å². The van der Waals surface area contributed by atoms with Crippen LogP contribution in [0.1, 0.15) is 322 Å². The molecular formula is C68H131NO13. The number of carbonyl (C=O) groups is 1. The predicted molar refractivity (Wildman–Crippen MR) is 332 cm³/mol. The molecule has 2 heterocycles. The number of aliphatic hydroxyl groups excluding tert-OH is 8. The molecule has 0 aliphatic carbocycles. The number of hydrogen-bond acceptors (Lipinski definition) is 13. The fourth-order valence-electron chi connectivity index (χ4n) is 11.9. The summed E-state index contributed by atoms with van der Waals surface area (Å²) < 4.78 is 22.9. The maximum atomic E-state index is 13.3. The number of nitrogens with one attached hydrogen (secondary N) is 1. The average molecular weight is 1170 g/mol. The van der Waals surface area contributed by atoms with Gasteiger partial charge in [0.05, 0.1) is 32.0 Å². The van der Waals surface area contributed by atoms with Gasteiger partial charge in [0, 0.05) is 6.42 Å². The standard InChI is InChI=1S/C68H131NO13/c1-3-5-7-9-11-13-15-17-19-21-23-24-25-26-27-28-29-30-31-32-34-36-38-40-42-44-46-48-50-52-60(73)69-56(57(72)51-49-47-45-43-41-39-37-35-33-22-20-18-16-14-12-10-8-6-4-2)55-79-67-65(78)63(76)66(59(54-71)81-67)82-68-64(77)62(75)61(74)58(53-70)80-68/h49,51,56-59,61-68,70-72,74-78H,3-48,50,52-55H2,1-2H3,(H,69,73)/b51-49+. The van der Waals surface area contributed by atoms with Crippen LogP contribution in [0.3, 0.4) is 0 Å². The minimum atomic E-state index is -1.79. The number of ether oxygens (including phenoxy) is 4. The topological polar surface area (TPSA) is 228 Å². The molecule has 0 saturated carbocycles. The Morgan fingerprint density at radius 1 is 0.427 bits per heavy atom. The number of amides is 1. The Morgan fingerprint density at radius 2 is 0.756 bits per heavy atom. The molecule has 2 aliphatic heterocycles. The molecule has 82 heavy (non-hydrogen) atoms. The summed E-state index contributed by atoms with van der Waals surface area (Å²) in [5.41, 5.74) is 0. The van der Waals surface area contributed by atoms with Gasteiger partial charge in [-0.15, -0.1) is 0 Å². The second-order valence-electron chi connectivity index (χ2n) is 25.0. The first-order valence-corrected chi connectivity index (χ1v) is 34.9. The van der Waals surface area contributed by atoms with Crippen molar-refractivity contribution in [3.8, 4) is 0 Å². The van der Waals surface area contributed by atoms with Gasteiger partial charge in [-0.1, -0.05) is 309 Å². The van der Waals surface area contributed by atoms with Crippen LogP contribution in [0.4, 0.5) is 0 Å². The van der Waals surface area contributed by atoms with E-state index in [2.05, 4.69) is 19.2 Å². The van der Waals surface area contributed by atoms with Crippen LogP contribution in [0.25, 0.3) is 0 Å². The Morgan fingerprint density at radius 3 is 1.12 bits per heavy atom. The molecule has 486 valence electrons. The smallest absolute Gasteiger partial charge is 0.220 e. The zero-order chi connectivity index (χ0) is 59.5. The first-order chi connectivity index (χ1) is 40.1. The highest BCUT2D eigenvalue weighted by Gasteiger charge is 2.51. The van der Waals surface area contributed by atoms with E-state index in [4.69, 9.17) is 18.9 Å². The van der Waals surface area contributed by atoms with E-state index >= 15 is 0 Å². The average Bonchev–Trinajstić information content (AvgIpc) is 3.66. The van der Waals surface area contributed by atoms with Crippen LogP contribution in [-0.2, 0) is 23.7 Å². The molecule has 2 aliphatic rings. The van der Waals surface area contributed by atoms with E-state index in [1.165, 1.54) is 257 Å². The summed E-state index contributed by atoms with van der Waals surface area (Å²) in [7, 11) is 0. The lowest BCUT2D eigenvalue weighted by Crippen LogP contribution is -2.65. The Bertz CT molecular complexity index is 1420. The number of allylic oxidation sites excluding steroid dienone is 1. The molecule has 14 heteroatoms. The first-order valence-electron chi connectivity index (χ1n) is 34.9. The summed E-state index contributed by atoms with van der Waals surface area (Å²) in [5.74, 6) is -0.231. The van der Waals surface area contributed by atoms with E-state index in [0.29, 0.717) is 0 Å². The Kier molecular flexibility index (Phi) is 50.5. The van der Waals surface area contributed by atoms with Crippen LogP contribution in [0.5, 0.6) is 0 Å². The van der Waals surface area contributed by atoms with Crippen molar-refractivity contribution in [3.63, 3.8) is 0 Å². The van der Waals surface area contributed by atoms with Gasteiger partial charge in [0.15, 0.2) is 12.6 Å². The molecule has 14 nitrogen and oxygen atoms in total. The number of aliphatic hydroxyl groups is 8. The third-order valence-electron chi connectivity index (χ3n) is 17.5. The van der Waals surface area contributed by atoms with Gasteiger partial charge in [0.1, 0.15) is 48.8 Å². The lowest BCUT2D eigenvalue weighted by atomic mass is 9.97. The molecule has 0 spiro atoms. The fourth-order valence-corrected chi connectivity index (χ4v) is 11.9. The molecule has 12 unspecified atom stereocenters. The van der Waals surface area contributed by atoms with Crippen molar-refractivity contribution in [1.82, 2.24) is 5.32 Å². The van der Waals surface area contributed by atoms with E-state index in [1.54, 1.807) is 6.08 Å². The molecular weight excluding hydrogens is 1040 g/mol. The minimum absolute atomic E-state index is 0.231. The van der Waals surface area contributed by atoms with E-state index in [-0.39, 0.29) is 18.9 Å². The monoisotopic (exact) mass is 1170 g/mol. The molecule has 9 N–H and O–H groups in total. The molecule has 0 bridgehead atoms. The zero-order valence-corrected chi connectivity index (χ0v) is 52.8. The lowest BCUT2D eigenvalue weighted by molar-refractivity contribution is -0.359. The normalized spacial score (nSPS) is 23.9. The molecule has 2 fully saturated rings. The molecule has 2 rings (SSSR count). The zero-order valence-electron chi connectivity index (χ0n) is 52.8. The van der Waals surface area contributed by atoms with Crippen LogP contribution in [-0.4, -0.2) is 140 Å². The summed E-state index contributed by atoms with van der Waals surface area (Å²) >= 11 is 0. The van der Waals surface area contributed by atoms with E-state index in [1.807, 2.05) is 6.08 Å². The molecule has 0 aromatic rings. The minimum Gasteiger partial charge on any atom is -0.394 e. The molecule has 0 aromatic heterocycles. The van der Waals surface area contributed by atoms with Crippen molar-refractivity contribution in [1.29, 1.82) is 0 Å². The number of hydrogen-bond donors (Lipinski definition) is 9. The summed E-state index contributed by atoms with van der Waals surface area (Å²) in [6.07, 6.45) is 48.4. The summed E-state index contributed by atoms with van der Waals surface area (Å²) in [5, 5.41) is 87.4. The lowest BCUT2D eigenvalue weighted by Gasteiger charge is -2.46. The maximum Gasteiger partial charge on any atom is 0.220 e. The third-order valence-corrected chi connectivity index (χ3v) is 17.5. The van der Waals surface area contributed by atoms with Crippen molar-refractivity contribution >= 4 is 5.91 Å². The number of carbonyl (C=O) groups excluding carboxylic acids is 1. The van der Waals surface area contributed by atoms with Crippen molar-refractivity contribution in [2.75, 3.05) is 19.8 Å². The van der Waals surface area contributed by atoms with E-state index in [0.717, 1.165) is 44.9 Å². The Labute approximate surface area is 501 Å². The highest BCUT2D eigenvalue weighted by atomic mass is 16.7. The number of unbranched alkanes of at least 4 members (excludes halogenated alkanes) is 45. The SMILES string of the molecule is CCCCCCCCCCCCCCCCCCC/C=C/C(O)C(COC1OC(CO)C(OC2OC(CO)C(O)C(O)C2O)C(O)C1O)NC(=O)CCCCCCCCCCCCCCCCCCCCCCCCCCCCCCC. The van der Waals surface area contributed by atoms with Gasteiger partial charge in [-0.05, 0) is 19.3 Å². The van der Waals surface area contributed by atoms with Crippen LogP contribution in [0.2, 0.25) is 0 Å². The predicted octanol–water partition coefficient (Wildman–Crippen LogP) is 13.8. The largest absolute Gasteiger partial charge is 0.394 e. The maximum absolute atomic E-state index is 13.3. The van der Waals surface area contributed by atoms with Crippen molar-refractivity contribution in [3.05, 3.63) is 12.2 Å². The van der Waals surface area contributed by atoms with Gasteiger partial charge >= 0.3 is 0 Å². The fraction of sp³-hybridized carbons (Fsp3) is 0.956. The van der Waals surface area contributed by atoms with Gasteiger partial charge in [0.25, 0.3) is 0 Å². The third kappa shape index (κ3) is 38.1. The summed E-state index contributed by atoms with van der Waals surface area (Å²) in [4.78, 5) is 13.3. The summed E-state index contributed by atoms with van der Waals surface area (Å²) in [6, 6.07) is -0.911. The second-order valence-corrected chi connectivity index (χ2v) is 25.0. The van der Waals surface area contributed by atoms with Gasteiger partial charge in [-0.3, -0.25) is 4.79 Å². The molecule has 2 saturated heterocycles. The highest BCUT2D eigenvalue weighted by Crippen LogP contribution is 2.30. The number of rotatable bonds is 58. The summed E-state index contributed by atoms with van der Waals surface area (Å²) in [6.45, 7) is 2.86. The van der Waals surface area contributed by atoms with Crippen LogP contribution in [0, 0.1) is 0 Å². The Hall–Kier alpha value is -1.27. The quantitative estimate of drug-likeness (QED) is 0.0204. The van der Waals surface area contributed by atoms with Gasteiger partial charge in [-0.2, -0.15) is 0 Å². The van der Waals surface area contributed by atoms with Crippen LogP contribution in [0.15, 0.2) is 12.2 Å². The van der Waals surface area contributed by atoms with Crippen LogP contribution >= 0.6 is 0 Å². The Balaban J connectivity index is 1.66. The van der Waals surface area contributed by atoms with Crippen molar-refractivity contribution in [2.45, 2.75) is 396 Å². The van der Waals surface area contributed by atoms with Crippen molar-refractivity contribution in [2.24, 2.45) is 0 Å². The molecule has 12 atom stereocenters. The van der Waals surface area contributed by atoms with E-state index in [9.17, 15) is 45.6 Å². The molecule has 1 amide bonds. The van der Waals surface area contributed by atoms with E-state index < -0.39 is 86.8 Å². The van der Waals surface area contributed by atoms with Crippen LogP contribution < -0.4 is 5.32 Å². The highest BCUT2D eigenvalue weighted by molar-refractivity contribution is 5.76. The molecule has 0 radical (unpaired) electrons. The van der Waals surface area contributed by atoms with Crippen molar-refractivity contribution < 1.29 is 64.6 Å². The molecule has 0 aromatic carbocycles. The first kappa shape index (κ1) is 76.8. The van der Waals surface area contributed by atoms with Gasteiger partial charge in [-0.25, -0.2) is 0 Å². The second kappa shape index (κ2) is 53.9.